The molecule has 4 aliphatic rings. The Labute approximate surface area is 177 Å². The Morgan fingerprint density at radius 3 is 2.73 bits per heavy atom. The first kappa shape index (κ1) is 19.6. The van der Waals surface area contributed by atoms with Gasteiger partial charge in [0.15, 0.2) is 0 Å². The lowest BCUT2D eigenvalue weighted by atomic mass is 9.72. The van der Waals surface area contributed by atoms with E-state index in [9.17, 15) is 9.59 Å². The molecule has 1 aromatic heterocycles. The molecule has 0 radical (unpaired) electrons. The van der Waals surface area contributed by atoms with E-state index in [1.807, 2.05) is 4.90 Å². The standard InChI is InChI=1S/C23H31N5O2/c24-10-15-8-19(25-11-15)23(30)27-13-17-9-18(14-27)21(28-7-2-1-6-20(17)28)12-26-22(29)16-4-3-5-16/h8,11,16-18,20-21,25H,1-7,9,12-14H2,(H,26,29)/t17-,18+,20+,21+/m1/s1. The first-order chi connectivity index (χ1) is 14.6. The molecule has 4 heterocycles. The molecule has 30 heavy (non-hydrogen) atoms. The van der Waals surface area contributed by atoms with Crippen LogP contribution in [0.15, 0.2) is 12.3 Å². The minimum atomic E-state index is -0.00675. The predicted octanol–water partition coefficient (Wildman–Crippen LogP) is 2.12. The summed E-state index contributed by atoms with van der Waals surface area (Å²) in [5.74, 6) is 1.31. The maximum absolute atomic E-state index is 13.1. The number of fused-ring (bicyclic) bond motifs is 4. The number of carbonyl (C=O) groups is 2. The summed E-state index contributed by atoms with van der Waals surface area (Å²) in [6.45, 7) is 3.33. The van der Waals surface area contributed by atoms with Crippen LogP contribution in [0.25, 0.3) is 0 Å². The average Bonchev–Trinajstić information content (AvgIpc) is 3.21. The molecule has 160 valence electrons. The Kier molecular flexibility index (Phi) is 5.28. The van der Waals surface area contributed by atoms with E-state index in [0.717, 1.165) is 38.9 Å². The number of nitrogens with zero attached hydrogens (tertiary/aromatic N) is 3. The van der Waals surface area contributed by atoms with E-state index in [2.05, 4.69) is 21.3 Å². The number of piperidine rings is 3. The van der Waals surface area contributed by atoms with Gasteiger partial charge in [0.25, 0.3) is 5.91 Å². The highest BCUT2D eigenvalue weighted by molar-refractivity contribution is 5.93. The van der Waals surface area contributed by atoms with Gasteiger partial charge in [-0.05, 0) is 56.6 Å². The fourth-order valence-electron chi connectivity index (χ4n) is 6.13. The Balaban J connectivity index is 1.32. The highest BCUT2D eigenvalue weighted by Crippen LogP contribution is 2.41. The van der Waals surface area contributed by atoms with Gasteiger partial charge < -0.3 is 15.2 Å². The smallest absolute Gasteiger partial charge is 0.270 e. The van der Waals surface area contributed by atoms with Crippen LogP contribution < -0.4 is 5.32 Å². The van der Waals surface area contributed by atoms with Crippen LogP contribution in [0.5, 0.6) is 0 Å². The second-order valence-corrected chi connectivity index (χ2v) is 9.62. The number of aromatic amines is 1. The van der Waals surface area contributed by atoms with Crippen molar-refractivity contribution >= 4 is 11.8 Å². The van der Waals surface area contributed by atoms with Gasteiger partial charge in [-0.15, -0.1) is 0 Å². The fourth-order valence-corrected chi connectivity index (χ4v) is 6.13. The zero-order valence-corrected chi connectivity index (χ0v) is 17.5. The van der Waals surface area contributed by atoms with Gasteiger partial charge in [0.2, 0.25) is 5.91 Å². The van der Waals surface area contributed by atoms with Gasteiger partial charge in [0, 0.05) is 43.8 Å². The molecular formula is C23H31N5O2. The molecule has 0 spiro atoms. The van der Waals surface area contributed by atoms with Crippen molar-refractivity contribution in [2.75, 3.05) is 26.2 Å². The van der Waals surface area contributed by atoms with Crippen LogP contribution in [-0.4, -0.2) is 64.9 Å². The number of nitrogens with one attached hydrogen (secondary N) is 2. The molecule has 7 heteroatoms. The quantitative estimate of drug-likeness (QED) is 0.797. The van der Waals surface area contributed by atoms with Crippen LogP contribution in [0.4, 0.5) is 0 Å². The highest BCUT2D eigenvalue weighted by Gasteiger charge is 2.48. The number of hydrogen-bond donors (Lipinski definition) is 2. The van der Waals surface area contributed by atoms with Gasteiger partial charge >= 0.3 is 0 Å². The molecule has 3 saturated heterocycles. The SMILES string of the molecule is N#Cc1c[nH]c(C(=O)N2C[C@H]3C[C@@H](C2)[C@H](CNC(=O)C2CCC2)N2CCCC[C@@H]32)c1. The number of rotatable bonds is 4. The van der Waals surface area contributed by atoms with E-state index < -0.39 is 0 Å². The topological polar surface area (TPSA) is 92.2 Å². The van der Waals surface area contributed by atoms with Crippen molar-refractivity contribution in [1.29, 1.82) is 5.26 Å². The summed E-state index contributed by atoms with van der Waals surface area (Å²) in [6, 6.07) is 4.55. The number of amides is 2. The van der Waals surface area contributed by atoms with Crippen LogP contribution in [0.1, 0.15) is 61.0 Å². The van der Waals surface area contributed by atoms with Gasteiger partial charge in [0.1, 0.15) is 11.8 Å². The minimum absolute atomic E-state index is 0.00675. The Hall–Kier alpha value is -2.33. The normalized spacial score (nSPS) is 31.4. The number of carbonyl (C=O) groups excluding carboxylic acids is 2. The second kappa shape index (κ2) is 8.07. The van der Waals surface area contributed by atoms with Crippen molar-refractivity contribution in [3.63, 3.8) is 0 Å². The monoisotopic (exact) mass is 409 g/mol. The molecule has 4 fully saturated rings. The number of nitriles is 1. The molecule has 0 aromatic carbocycles. The Morgan fingerprint density at radius 1 is 1.17 bits per heavy atom. The molecule has 2 amide bonds. The van der Waals surface area contributed by atoms with Crippen molar-refractivity contribution < 1.29 is 9.59 Å². The first-order valence-electron chi connectivity index (χ1n) is 11.6. The summed E-state index contributed by atoms with van der Waals surface area (Å²) in [4.78, 5) is 33.2. The van der Waals surface area contributed by atoms with E-state index >= 15 is 0 Å². The van der Waals surface area contributed by atoms with Gasteiger partial charge in [-0.25, -0.2) is 0 Å². The summed E-state index contributed by atoms with van der Waals surface area (Å²) in [7, 11) is 0. The molecule has 0 unspecified atom stereocenters. The van der Waals surface area contributed by atoms with E-state index in [4.69, 9.17) is 5.26 Å². The lowest BCUT2D eigenvalue weighted by molar-refractivity contribution is -0.128. The summed E-state index contributed by atoms with van der Waals surface area (Å²) < 4.78 is 0. The second-order valence-electron chi connectivity index (χ2n) is 9.62. The summed E-state index contributed by atoms with van der Waals surface area (Å²) in [5, 5.41) is 12.3. The van der Waals surface area contributed by atoms with Gasteiger partial charge in [0.05, 0.1) is 5.56 Å². The van der Waals surface area contributed by atoms with E-state index in [1.54, 1.807) is 12.3 Å². The third-order valence-corrected chi connectivity index (χ3v) is 7.91. The third kappa shape index (κ3) is 3.51. The molecular weight excluding hydrogens is 378 g/mol. The van der Waals surface area contributed by atoms with Crippen LogP contribution in [-0.2, 0) is 4.79 Å². The van der Waals surface area contributed by atoms with Crippen LogP contribution in [0.2, 0.25) is 0 Å². The molecule has 2 bridgehead atoms. The Bertz CT molecular complexity index is 854. The number of H-pyrrole nitrogens is 1. The zero-order chi connectivity index (χ0) is 20.7. The summed E-state index contributed by atoms with van der Waals surface area (Å²) in [6.07, 6.45) is 9.62. The van der Waals surface area contributed by atoms with Gasteiger partial charge in [-0.1, -0.05) is 12.8 Å². The van der Waals surface area contributed by atoms with Crippen molar-refractivity contribution in [3.8, 4) is 6.07 Å². The Morgan fingerprint density at radius 2 is 2.00 bits per heavy atom. The average molecular weight is 410 g/mol. The van der Waals surface area contributed by atoms with Crippen molar-refractivity contribution in [3.05, 3.63) is 23.5 Å². The predicted molar refractivity (Wildman–Crippen MR) is 111 cm³/mol. The summed E-state index contributed by atoms with van der Waals surface area (Å²) >= 11 is 0. The fraction of sp³-hybridized carbons (Fsp3) is 0.696. The summed E-state index contributed by atoms with van der Waals surface area (Å²) in [5.41, 5.74) is 0.993. The van der Waals surface area contributed by atoms with E-state index in [0.29, 0.717) is 41.7 Å². The van der Waals surface area contributed by atoms with Gasteiger partial charge in [-0.3, -0.25) is 14.5 Å². The number of aromatic nitrogens is 1. The van der Waals surface area contributed by atoms with Crippen LogP contribution in [0.3, 0.4) is 0 Å². The molecule has 4 atom stereocenters. The molecule has 5 rings (SSSR count). The third-order valence-electron chi connectivity index (χ3n) is 7.91. The lowest BCUT2D eigenvalue weighted by Crippen LogP contribution is -2.66. The first-order valence-corrected chi connectivity index (χ1v) is 11.6. The maximum atomic E-state index is 13.1. The minimum Gasteiger partial charge on any atom is -0.356 e. The number of hydrogen-bond acceptors (Lipinski definition) is 4. The van der Waals surface area contributed by atoms with Crippen molar-refractivity contribution in [1.82, 2.24) is 20.1 Å². The lowest BCUT2D eigenvalue weighted by Gasteiger charge is -2.56. The molecule has 7 nitrogen and oxygen atoms in total. The molecule has 1 saturated carbocycles. The van der Waals surface area contributed by atoms with E-state index in [1.165, 1.54) is 25.7 Å². The largest absolute Gasteiger partial charge is 0.356 e. The molecule has 2 N–H and O–H groups in total. The molecule has 3 aliphatic heterocycles. The molecule has 1 aromatic rings. The van der Waals surface area contributed by atoms with Crippen LogP contribution in [0, 0.1) is 29.1 Å². The van der Waals surface area contributed by atoms with Crippen molar-refractivity contribution in [2.24, 2.45) is 17.8 Å². The zero-order valence-electron chi connectivity index (χ0n) is 17.5. The highest BCUT2D eigenvalue weighted by atomic mass is 16.2. The van der Waals surface area contributed by atoms with Crippen molar-refractivity contribution in [2.45, 2.75) is 57.0 Å². The maximum Gasteiger partial charge on any atom is 0.270 e. The molecule has 1 aliphatic carbocycles. The number of likely N-dealkylation sites (tertiary alicyclic amines) is 1. The van der Waals surface area contributed by atoms with E-state index in [-0.39, 0.29) is 17.7 Å². The van der Waals surface area contributed by atoms with Crippen LogP contribution >= 0.6 is 0 Å². The van der Waals surface area contributed by atoms with Gasteiger partial charge in [-0.2, -0.15) is 5.26 Å².